The number of carboxylic acids is 1. The number of rotatable bonds is 3. The van der Waals surface area contributed by atoms with Crippen molar-refractivity contribution in [1.29, 1.82) is 5.26 Å². The summed E-state index contributed by atoms with van der Waals surface area (Å²) in [6.45, 7) is 1.77. The fourth-order valence-electron chi connectivity index (χ4n) is 1.46. The topological polar surface area (TPSA) is 78.2 Å². The standard InChI is InChI=1S/C11H9NO3/c1-2-8-7(6-13)3-4-9(11(14)15)10(8)5-12/h3-4,6H,2H2,1H3,(H,14,15). The van der Waals surface area contributed by atoms with E-state index >= 15 is 0 Å². The summed E-state index contributed by atoms with van der Waals surface area (Å²) in [6.07, 6.45) is 1.09. The molecule has 0 radical (unpaired) electrons. The number of carbonyl (C=O) groups excluding carboxylic acids is 1. The molecule has 1 aromatic carbocycles. The lowest BCUT2D eigenvalue weighted by Gasteiger charge is -2.06. The van der Waals surface area contributed by atoms with E-state index in [9.17, 15) is 9.59 Å². The Kier molecular flexibility index (Phi) is 3.19. The van der Waals surface area contributed by atoms with Gasteiger partial charge in [-0.15, -0.1) is 0 Å². The van der Waals surface area contributed by atoms with Crippen LogP contribution in [0.3, 0.4) is 0 Å². The number of hydrogen-bond acceptors (Lipinski definition) is 3. The van der Waals surface area contributed by atoms with Crippen molar-refractivity contribution in [3.8, 4) is 6.07 Å². The SMILES string of the molecule is CCc1c(C=O)ccc(C(=O)O)c1C#N. The van der Waals surface area contributed by atoms with Crippen LogP contribution in [0.25, 0.3) is 0 Å². The Bertz CT molecular complexity index is 458. The van der Waals surface area contributed by atoms with E-state index < -0.39 is 5.97 Å². The van der Waals surface area contributed by atoms with Gasteiger partial charge >= 0.3 is 5.97 Å². The van der Waals surface area contributed by atoms with Crippen LogP contribution in [0.15, 0.2) is 12.1 Å². The lowest BCUT2D eigenvalue weighted by atomic mass is 9.95. The molecule has 0 bridgehead atoms. The highest BCUT2D eigenvalue weighted by molar-refractivity contribution is 5.93. The first-order chi connectivity index (χ1) is 7.15. The summed E-state index contributed by atoms with van der Waals surface area (Å²) in [5, 5.41) is 17.7. The van der Waals surface area contributed by atoms with Gasteiger partial charge < -0.3 is 5.11 Å². The minimum absolute atomic E-state index is 0.0556. The molecule has 1 N–H and O–H groups in total. The van der Waals surface area contributed by atoms with Crippen LogP contribution in [-0.4, -0.2) is 17.4 Å². The molecule has 0 amide bonds. The molecular formula is C11H9NO3. The minimum atomic E-state index is -1.15. The van der Waals surface area contributed by atoms with Crippen LogP contribution in [0.4, 0.5) is 0 Å². The molecule has 0 saturated heterocycles. The molecular weight excluding hydrogens is 194 g/mol. The van der Waals surface area contributed by atoms with Gasteiger partial charge in [-0.25, -0.2) is 4.79 Å². The van der Waals surface area contributed by atoms with Crippen molar-refractivity contribution in [2.24, 2.45) is 0 Å². The number of aromatic carboxylic acids is 1. The molecule has 1 rings (SSSR count). The third-order valence-corrected chi connectivity index (χ3v) is 2.17. The van der Waals surface area contributed by atoms with Crippen LogP contribution in [0.5, 0.6) is 0 Å². The number of benzene rings is 1. The molecule has 0 aliphatic heterocycles. The van der Waals surface area contributed by atoms with E-state index in [1.165, 1.54) is 12.1 Å². The molecule has 0 fully saturated rings. The van der Waals surface area contributed by atoms with Gasteiger partial charge in [-0.2, -0.15) is 5.26 Å². The van der Waals surface area contributed by atoms with Gasteiger partial charge in [0.1, 0.15) is 12.4 Å². The Balaban J connectivity index is 3.56. The van der Waals surface area contributed by atoms with E-state index in [-0.39, 0.29) is 11.1 Å². The smallest absolute Gasteiger partial charge is 0.337 e. The maximum Gasteiger partial charge on any atom is 0.337 e. The van der Waals surface area contributed by atoms with E-state index in [4.69, 9.17) is 10.4 Å². The van der Waals surface area contributed by atoms with Gasteiger partial charge in [0.05, 0.1) is 11.1 Å². The first kappa shape index (κ1) is 10.9. The molecule has 4 nitrogen and oxygen atoms in total. The van der Waals surface area contributed by atoms with Gasteiger partial charge in [-0.1, -0.05) is 13.0 Å². The zero-order valence-electron chi connectivity index (χ0n) is 8.15. The van der Waals surface area contributed by atoms with Crippen LogP contribution in [-0.2, 0) is 6.42 Å². The van der Waals surface area contributed by atoms with E-state index in [1.54, 1.807) is 6.92 Å². The zero-order valence-corrected chi connectivity index (χ0v) is 8.15. The molecule has 0 unspecified atom stereocenters. The van der Waals surface area contributed by atoms with Crippen LogP contribution < -0.4 is 0 Å². The molecule has 0 aromatic heterocycles. The Labute approximate surface area is 86.8 Å². The Morgan fingerprint density at radius 3 is 2.67 bits per heavy atom. The molecule has 15 heavy (non-hydrogen) atoms. The summed E-state index contributed by atoms with van der Waals surface area (Å²) in [6, 6.07) is 4.54. The fourth-order valence-corrected chi connectivity index (χ4v) is 1.46. The number of carbonyl (C=O) groups is 2. The average molecular weight is 203 g/mol. The fraction of sp³-hybridized carbons (Fsp3) is 0.182. The molecule has 0 saturated carbocycles. The molecule has 4 heteroatoms. The third-order valence-electron chi connectivity index (χ3n) is 2.17. The van der Waals surface area contributed by atoms with Crippen molar-refractivity contribution in [2.45, 2.75) is 13.3 Å². The quantitative estimate of drug-likeness (QED) is 0.757. The van der Waals surface area contributed by atoms with Gasteiger partial charge in [0.15, 0.2) is 0 Å². The maximum absolute atomic E-state index is 10.8. The second kappa shape index (κ2) is 4.38. The molecule has 0 heterocycles. The lowest BCUT2D eigenvalue weighted by molar-refractivity contribution is 0.0696. The largest absolute Gasteiger partial charge is 0.478 e. The molecule has 0 spiro atoms. The van der Waals surface area contributed by atoms with Gasteiger partial charge in [0.25, 0.3) is 0 Å². The maximum atomic E-state index is 10.8. The second-order valence-electron chi connectivity index (χ2n) is 2.94. The van der Waals surface area contributed by atoms with Crippen LogP contribution >= 0.6 is 0 Å². The van der Waals surface area contributed by atoms with Crippen molar-refractivity contribution < 1.29 is 14.7 Å². The summed E-state index contributed by atoms with van der Waals surface area (Å²) in [5.41, 5.74) is 0.890. The van der Waals surface area contributed by atoms with Gasteiger partial charge in [-0.05, 0) is 18.1 Å². The first-order valence-electron chi connectivity index (χ1n) is 4.40. The predicted molar refractivity (Wildman–Crippen MR) is 52.9 cm³/mol. The van der Waals surface area contributed by atoms with Crippen molar-refractivity contribution >= 4 is 12.3 Å². The second-order valence-corrected chi connectivity index (χ2v) is 2.94. The van der Waals surface area contributed by atoms with Crippen molar-refractivity contribution in [2.75, 3.05) is 0 Å². The van der Waals surface area contributed by atoms with Crippen LogP contribution in [0.2, 0.25) is 0 Å². The molecule has 0 atom stereocenters. The van der Waals surface area contributed by atoms with Gasteiger partial charge in [0, 0.05) is 5.56 Å². The Morgan fingerprint density at radius 1 is 1.60 bits per heavy atom. The van der Waals surface area contributed by atoms with Gasteiger partial charge in [0.2, 0.25) is 0 Å². The first-order valence-corrected chi connectivity index (χ1v) is 4.40. The highest BCUT2D eigenvalue weighted by atomic mass is 16.4. The summed E-state index contributed by atoms with van der Waals surface area (Å²) in [5.74, 6) is -1.15. The third kappa shape index (κ3) is 1.86. The highest BCUT2D eigenvalue weighted by Gasteiger charge is 2.15. The molecule has 0 aliphatic rings. The zero-order chi connectivity index (χ0) is 11.4. The summed E-state index contributed by atoms with van der Waals surface area (Å²) in [4.78, 5) is 21.5. The van der Waals surface area contributed by atoms with E-state index in [0.29, 0.717) is 23.8 Å². The number of aldehydes is 1. The van der Waals surface area contributed by atoms with Crippen LogP contribution in [0, 0.1) is 11.3 Å². The molecule has 0 aliphatic carbocycles. The Hall–Kier alpha value is -2.15. The molecule has 1 aromatic rings. The average Bonchev–Trinajstić information content (AvgIpc) is 2.26. The van der Waals surface area contributed by atoms with Gasteiger partial charge in [-0.3, -0.25) is 4.79 Å². The number of carboxylic acid groups (broad SMARTS) is 1. The highest BCUT2D eigenvalue weighted by Crippen LogP contribution is 2.18. The van der Waals surface area contributed by atoms with Crippen molar-refractivity contribution in [3.63, 3.8) is 0 Å². The van der Waals surface area contributed by atoms with E-state index in [2.05, 4.69) is 0 Å². The Morgan fingerprint density at radius 2 is 2.27 bits per heavy atom. The lowest BCUT2D eigenvalue weighted by Crippen LogP contribution is -2.05. The predicted octanol–water partition coefficient (Wildman–Crippen LogP) is 1.63. The number of hydrogen-bond donors (Lipinski definition) is 1. The van der Waals surface area contributed by atoms with Crippen molar-refractivity contribution in [1.82, 2.24) is 0 Å². The summed E-state index contributed by atoms with van der Waals surface area (Å²) >= 11 is 0. The van der Waals surface area contributed by atoms with E-state index in [0.717, 1.165) is 0 Å². The number of nitrogens with zero attached hydrogens (tertiary/aromatic N) is 1. The molecule has 76 valence electrons. The summed E-state index contributed by atoms with van der Waals surface area (Å²) in [7, 11) is 0. The number of nitriles is 1. The normalized spacial score (nSPS) is 9.33. The summed E-state index contributed by atoms with van der Waals surface area (Å²) < 4.78 is 0. The monoisotopic (exact) mass is 203 g/mol. The van der Waals surface area contributed by atoms with Crippen molar-refractivity contribution in [3.05, 3.63) is 34.4 Å². The van der Waals surface area contributed by atoms with Crippen LogP contribution in [0.1, 0.15) is 38.8 Å². The van der Waals surface area contributed by atoms with E-state index in [1.807, 2.05) is 6.07 Å². The minimum Gasteiger partial charge on any atom is -0.478 e.